The predicted molar refractivity (Wildman–Crippen MR) is 215 cm³/mol. The zero-order valence-electron chi connectivity index (χ0n) is 33.8. The van der Waals surface area contributed by atoms with Crippen molar-refractivity contribution in [2.75, 3.05) is 40.9 Å². The fraction of sp³-hybridized carbons (Fsp3) is 0.833. The summed E-state index contributed by atoms with van der Waals surface area (Å²) in [7, 11) is 1.23. The molecule has 1 amide bonds. The Kier molecular flexibility index (Phi) is 33.6. The second-order valence-electron chi connectivity index (χ2n) is 15.3. The van der Waals surface area contributed by atoms with Gasteiger partial charge in [0.1, 0.15) is 13.2 Å². The maximum atomic E-state index is 12.8. The smallest absolute Gasteiger partial charge is 0.268 e. The van der Waals surface area contributed by atoms with Crippen LogP contribution in [0.5, 0.6) is 0 Å². The standard InChI is InChI=1S/C42H81N2O6P/c1-6-8-10-12-14-16-18-20-21-22-23-24-25-27-29-31-33-35-41(45)40(39-50-51(47,48)49-38-37-44(3,4)5)43-42(46)36-34-32-30-28-26-19-17-15-13-11-9-7-2/h15,17,25,27,33,35,40-41,45H,6-14,16,18-24,26,28-32,34,36-39H2,1-5H3,(H-,43,46,47,48)/b17-15-,27-25+,35-33+. The molecule has 0 aliphatic rings. The number of unbranched alkanes of at least 4 members (excludes halogenated alkanes) is 20. The summed E-state index contributed by atoms with van der Waals surface area (Å²) in [6.45, 7) is 4.57. The number of likely N-dealkylation sites (N-methyl/N-ethyl adjacent to an activating group) is 1. The molecular formula is C42H81N2O6P. The van der Waals surface area contributed by atoms with Crippen LogP contribution in [-0.4, -0.2) is 68.5 Å². The summed E-state index contributed by atoms with van der Waals surface area (Å²) in [5, 5.41) is 13.7. The number of rotatable bonds is 37. The van der Waals surface area contributed by atoms with Crippen molar-refractivity contribution in [1.29, 1.82) is 0 Å². The minimum Gasteiger partial charge on any atom is -0.756 e. The van der Waals surface area contributed by atoms with Crippen molar-refractivity contribution in [1.82, 2.24) is 5.32 Å². The average molecular weight is 741 g/mol. The van der Waals surface area contributed by atoms with Crippen LogP contribution in [0.15, 0.2) is 36.5 Å². The van der Waals surface area contributed by atoms with Crippen molar-refractivity contribution in [3.8, 4) is 0 Å². The second kappa shape index (κ2) is 34.5. The third-order valence-electron chi connectivity index (χ3n) is 9.07. The topological polar surface area (TPSA) is 108 Å². The van der Waals surface area contributed by atoms with Crippen molar-refractivity contribution in [2.24, 2.45) is 0 Å². The molecule has 0 bridgehead atoms. The Labute approximate surface area is 315 Å². The Morgan fingerprint density at radius 3 is 1.63 bits per heavy atom. The Hall–Kier alpha value is -1.28. The molecule has 300 valence electrons. The highest BCUT2D eigenvalue weighted by molar-refractivity contribution is 7.45. The van der Waals surface area contributed by atoms with Gasteiger partial charge in [-0.25, -0.2) is 0 Å². The van der Waals surface area contributed by atoms with E-state index in [9.17, 15) is 19.4 Å². The van der Waals surface area contributed by atoms with E-state index in [1.54, 1.807) is 6.08 Å². The van der Waals surface area contributed by atoms with Crippen molar-refractivity contribution in [2.45, 2.75) is 187 Å². The lowest BCUT2D eigenvalue weighted by Gasteiger charge is -2.29. The van der Waals surface area contributed by atoms with Gasteiger partial charge in [-0.15, -0.1) is 0 Å². The van der Waals surface area contributed by atoms with Crippen LogP contribution in [0.2, 0.25) is 0 Å². The SMILES string of the molecule is CCCCC/C=C\CCCCCCCC(=O)NC(COP(=O)([O-])OCC[N+](C)(C)C)C(O)/C=C/CC/C=C/CCCCCCCCCCCCC. The average Bonchev–Trinajstić information content (AvgIpc) is 3.07. The molecular weight excluding hydrogens is 659 g/mol. The summed E-state index contributed by atoms with van der Waals surface area (Å²) in [6, 6.07) is -0.904. The first kappa shape index (κ1) is 49.7. The zero-order valence-corrected chi connectivity index (χ0v) is 34.7. The molecule has 0 spiro atoms. The molecule has 0 aliphatic heterocycles. The van der Waals surface area contributed by atoms with Crippen LogP contribution in [0, 0.1) is 0 Å². The number of hydrogen-bond donors (Lipinski definition) is 2. The number of aliphatic hydroxyl groups is 1. The molecule has 0 radical (unpaired) electrons. The van der Waals surface area contributed by atoms with Gasteiger partial charge in [-0.2, -0.15) is 0 Å². The van der Waals surface area contributed by atoms with E-state index in [4.69, 9.17) is 9.05 Å². The summed E-state index contributed by atoms with van der Waals surface area (Å²) in [5.41, 5.74) is 0. The Balaban J connectivity index is 4.54. The minimum absolute atomic E-state index is 0.00816. The van der Waals surface area contributed by atoms with Crippen LogP contribution in [0.3, 0.4) is 0 Å². The highest BCUT2D eigenvalue weighted by Crippen LogP contribution is 2.38. The van der Waals surface area contributed by atoms with Crippen molar-refractivity contribution in [3.05, 3.63) is 36.5 Å². The fourth-order valence-electron chi connectivity index (χ4n) is 5.69. The van der Waals surface area contributed by atoms with Gasteiger partial charge in [0.25, 0.3) is 7.82 Å². The van der Waals surface area contributed by atoms with E-state index in [2.05, 4.69) is 43.5 Å². The molecule has 0 rings (SSSR count). The monoisotopic (exact) mass is 741 g/mol. The van der Waals surface area contributed by atoms with Crippen molar-refractivity contribution < 1.29 is 32.9 Å². The van der Waals surface area contributed by atoms with Crippen molar-refractivity contribution >= 4 is 13.7 Å². The second-order valence-corrected chi connectivity index (χ2v) is 16.7. The molecule has 3 atom stereocenters. The maximum absolute atomic E-state index is 12.8. The highest BCUT2D eigenvalue weighted by Gasteiger charge is 2.23. The first-order chi connectivity index (χ1) is 24.5. The molecule has 2 N–H and O–H groups in total. The number of allylic oxidation sites excluding steroid dienone is 5. The van der Waals surface area contributed by atoms with Crippen LogP contribution >= 0.6 is 7.82 Å². The van der Waals surface area contributed by atoms with E-state index in [1.165, 1.54) is 96.3 Å². The molecule has 8 nitrogen and oxygen atoms in total. The summed E-state index contributed by atoms with van der Waals surface area (Å²) >= 11 is 0. The molecule has 0 saturated heterocycles. The first-order valence-corrected chi connectivity index (χ1v) is 22.3. The number of phosphoric ester groups is 1. The lowest BCUT2D eigenvalue weighted by Crippen LogP contribution is -2.45. The third kappa shape index (κ3) is 36.9. The van der Waals surface area contributed by atoms with Crippen LogP contribution in [0.1, 0.15) is 174 Å². The number of phosphoric acid groups is 1. The summed E-state index contributed by atoms with van der Waals surface area (Å²) < 4.78 is 23.1. The Bertz CT molecular complexity index is 933. The van der Waals surface area contributed by atoms with E-state index < -0.39 is 26.6 Å². The van der Waals surface area contributed by atoms with E-state index >= 15 is 0 Å². The van der Waals surface area contributed by atoms with Crippen LogP contribution in [0.4, 0.5) is 0 Å². The lowest BCUT2D eigenvalue weighted by molar-refractivity contribution is -0.870. The molecule has 3 unspecified atom stereocenters. The van der Waals surface area contributed by atoms with Gasteiger partial charge in [0, 0.05) is 6.42 Å². The van der Waals surface area contributed by atoms with Gasteiger partial charge in [0.2, 0.25) is 5.91 Å². The number of hydrogen-bond acceptors (Lipinski definition) is 6. The van der Waals surface area contributed by atoms with Crippen LogP contribution < -0.4 is 10.2 Å². The van der Waals surface area contributed by atoms with Crippen LogP contribution in [0.25, 0.3) is 0 Å². The maximum Gasteiger partial charge on any atom is 0.268 e. The number of nitrogens with zero attached hydrogens (tertiary/aromatic N) is 1. The van der Waals surface area contributed by atoms with Gasteiger partial charge in [-0.3, -0.25) is 9.36 Å². The fourth-order valence-corrected chi connectivity index (χ4v) is 6.41. The number of quaternary nitrogens is 1. The van der Waals surface area contributed by atoms with Crippen molar-refractivity contribution in [3.63, 3.8) is 0 Å². The molecule has 0 aromatic heterocycles. The van der Waals surface area contributed by atoms with Crippen LogP contribution in [-0.2, 0) is 18.4 Å². The molecule has 51 heavy (non-hydrogen) atoms. The largest absolute Gasteiger partial charge is 0.756 e. The number of aliphatic hydroxyl groups excluding tert-OH is 1. The lowest BCUT2D eigenvalue weighted by atomic mass is 10.1. The predicted octanol–water partition coefficient (Wildman–Crippen LogP) is 10.5. The number of carbonyl (C=O) groups is 1. The molecule has 0 saturated carbocycles. The van der Waals surface area contributed by atoms with E-state index in [-0.39, 0.29) is 12.5 Å². The van der Waals surface area contributed by atoms with Gasteiger partial charge in [0.05, 0.1) is 39.9 Å². The zero-order chi connectivity index (χ0) is 37.9. The van der Waals surface area contributed by atoms with E-state index in [1.807, 2.05) is 27.2 Å². The third-order valence-corrected chi connectivity index (χ3v) is 10.0. The molecule has 0 aliphatic carbocycles. The normalized spacial score (nSPS) is 14.9. The first-order valence-electron chi connectivity index (χ1n) is 20.9. The van der Waals surface area contributed by atoms with Gasteiger partial charge in [0.15, 0.2) is 0 Å². The molecule has 9 heteroatoms. The number of carbonyl (C=O) groups excluding carboxylic acids is 1. The Morgan fingerprint density at radius 1 is 0.667 bits per heavy atom. The molecule has 0 fully saturated rings. The molecule has 0 aromatic carbocycles. The van der Waals surface area contributed by atoms with Gasteiger partial charge < -0.3 is 28.8 Å². The minimum atomic E-state index is -4.59. The van der Waals surface area contributed by atoms with Gasteiger partial charge in [-0.1, -0.05) is 147 Å². The summed E-state index contributed by atoms with van der Waals surface area (Å²) in [5.74, 6) is -0.219. The van der Waals surface area contributed by atoms with Gasteiger partial charge >= 0.3 is 0 Å². The van der Waals surface area contributed by atoms with E-state index in [0.29, 0.717) is 17.4 Å². The molecule has 0 heterocycles. The summed E-state index contributed by atoms with van der Waals surface area (Å²) in [6.07, 6.45) is 40.5. The number of amides is 1. The quantitative estimate of drug-likeness (QED) is 0.0284. The number of nitrogens with one attached hydrogen (secondary N) is 1. The summed E-state index contributed by atoms with van der Waals surface area (Å²) in [4.78, 5) is 25.2. The Morgan fingerprint density at radius 2 is 1.10 bits per heavy atom. The van der Waals surface area contributed by atoms with Gasteiger partial charge in [-0.05, 0) is 57.8 Å². The highest BCUT2D eigenvalue weighted by atomic mass is 31.2. The molecule has 0 aromatic rings. The van der Waals surface area contributed by atoms with E-state index in [0.717, 1.165) is 57.8 Å².